The smallest absolute Gasteiger partial charge is 0.120 e. The largest absolute Gasteiger partial charge is 0.345 e. The van der Waals surface area contributed by atoms with E-state index in [0.29, 0.717) is 6.54 Å². The van der Waals surface area contributed by atoms with Crippen LogP contribution in [0.15, 0.2) is 18.3 Å². The van der Waals surface area contributed by atoms with Crippen LogP contribution in [0.25, 0.3) is 0 Å². The van der Waals surface area contributed by atoms with Crippen LogP contribution in [0.2, 0.25) is 0 Å². The van der Waals surface area contributed by atoms with E-state index >= 15 is 0 Å². The molecule has 1 aromatic carbocycles. The number of nitrogens with zero attached hydrogens (tertiary/aromatic N) is 1. The van der Waals surface area contributed by atoms with Crippen LogP contribution < -0.4 is 5.73 Å². The van der Waals surface area contributed by atoms with E-state index in [1.165, 1.54) is 22.3 Å². The molecule has 0 spiro atoms. The van der Waals surface area contributed by atoms with Gasteiger partial charge in [-0.25, -0.2) is 4.98 Å². The summed E-state index contributed by atoms with van der Waals surface area (Å²) in [7, 11) is 0. The molecule has 0 radical (unpaired) electrons. The maximum Gasteiger partial charge on any atom is 0.120 e. The van der Waals surface area contributed by atoms with Crippen LogP contribution in [0.3, 0.4) is 0 Å². The first-order valence-electron chi connectivity index (χ1n) is 6.39. The van der Waals surface area contributed by atoms with Gasteiger partial charge in [-0.1, -0.05) is 17.7 Å². The van der Waals surface area contributed by atoms with Gasteiger partial charge in [0.1, 0.15) is 5.82 Å². The maximum absolute atomic E-state index is 5.54. The highest BCUT2D eigenvalue weighted by Gasteiger charge is 2.05. The van der Waals surface area contributed by atoms with Crippen molar-refractivity contribution in [3.05, 3.63) is 52.1 Å². The fourth-order valence-corrected chi connectivity index (χ4v) is 2.50. The molecule has 0 atom stereocenters. The van der Waals surface area contributed by atoms with Crippen molar-refractivity contribution in [2.24, 2.45) is 5.73 Å². The molecular weight excluding hydrogens is 222 g/mol. The number of nitrogens with one attached hydrogen (secondary N) is 1. The molecule has 0 aliphatic carbocycles. The predicted octanol–water partition coefficient (Wildman–Crippen LogP) is 2.58. The molecule has 0 saturated carbocycles. The first kappa shape index (κ1) is 12.8. The van der Waals surface area contributed by atoms with E-state index < -0.39 is 0 Å². The molecule has 2 aromatic rings. The van der Waals surface area contributed by atoms with Gasteiger partial charge in [0.05, 0.1) is 6.54 Å². The Hall–Kier alpha value is -1.61. The highest BCUT2D eigenvalue weighted by molar-refractivity contribution is 5.37. The molecule has 3 heteroatoms. The monoisotopic (exact) mass is 243 g/mol. The first-order valence-corrected chi connectivity index (χ1v) is 6.39. The number of hydrogen-bond acceptors (Lipinski definition) is 2. The Bertz CT molecular complexity index is 517. The summed E-state index contributed by atoms with van der Waals surface area (Å²) in [6, 6.07) is 4.50. The molecule has 0 amide bonds. The Morgan fingerprint density at radius 2 is 1.78 bits per heavy atom. The van der Waals surface area contributed by atoms with Crippen LogP contribution in [-0.2, 0) is 19.4 Å². The van der Waals surface area contributed by atoms with Crippen molar-refractivity contribution in [2.45, 2.75) is 40.2 Å². The molecule has 0 aliphatic heterocycles. The lowest BCUT2D eigenvalue weighted by Crippen LogP contribution is -2.00. The Balaban J connectivity index is 2.10. The van der Waals surface area contributed by atoms with Gasteiger partial charge < -0.3 is 10.7 Å². The second kappa shape index (κ2) is 5.36. The van der Waals surface area contributed by atoms with Gasteiger partial charge in [0.2, 0.25) is 0 Å². The summed E-state index contributed by atoms with van der Waals surface area (Å²) in [5.74, 6) is 0.863. The van der Waals surface area contributed by atoms with Crippen molar-refractivity contribution in [2.75, 3.05) is 0 Å². The van der Waals surface area contributed by atoms with Gasteiger partial charge in [0.25, 0.3) is 0 Å². The lowest BCUT2D eigenvalue weighted by molar-refractivity contribution is 0.884. The Morgan fingerprint density at radius 1 is 1.11 bits per heavy atom. The normalized spacial score (nSPS) is 10.9. The van der Waals surface area contributed by atoms with Crippen molar-refractivity contribution in [3.8, 4) is 0 Å². The predicted molar refractivity (Wildman–Crippen MR) is 74.5 cm³/mol. The molecule has 2 rings (SSSR count). The molecule has 1 heterocycles. The van der Waals surface area contributed by atoms with Crippen molar-refractivity contribution < 1.29 is 0 Å². The van der Waals surface area contributed by atoms with Crippen LogP contribution in [0, 0.1) is 20.8 Å². The second-order valence-electron chi connectivity index (χ2n) is 4.94. The number of nitrogens with two attached hydrogens (primary N) is 1. The average molecular weight is 243 g/mol. The third kappa shape index (κ3) is 2.79. The summed E-state index contributed by atoms with van der Waals surface area (Å²) in [4.78, 5) is 7.47. The van der Waals surface area contributed by atoms with E-state index in [2.05, 4.69) is 42.9 Å². The number of H-pyrrole nitrogens is 1. The zero-order valence-electron chi connectivity index (χ0n) is 11.4. The number of hydrogen-bond donors (Lipinski definition) is 2. The zero-order valence-corrected chi connectivity index (χ0v) is 11.4. The van der Waals surface area contributed by atoms with Gasteiger partial charge in [-0.2, -0.15) is 0 Å². The lowest BCUT2D eigenvalue weighted by atomic mass is 9.96. The minimum Gasteiger partial charge on any atom is -0.345 e. The number of aryl methyl sites for hydroxylation is 4. The Labute approximate surface area is 108 Å². The number of aromatic amines is 1. The van der Waals surface area contributed by atoms with E-state index in [1.54, 1.807) is 0 Å². The summed E-state index contributed by atoms with van der Waals surface area (Å²) in [6.07, 6.45) is 3.92. The standard InChI is InChI=1S/C15H21N3/c1-10-6-11(2)14(12(3)7-10)5-4-13-9-17-15(8-16)18-13/h6-7,9H,4-5,8,16H2,1-3H3,(H,17,18). The first-order chi connectivity index (χ1) is 8.60. The van der Waals surface area contributed by atoms with Crippen molar-refractivity contribution in [3.63, 3.8) is 0 Å². The quantitative estimate of drug-likeness (QED) is 0.867. The van der Waals surface area contributed by atoms with Crippen LogP contribution >= 0.6 is 0 Å². The van der Waals surface area contributed by atoms with Gasteiger partial charge >= 0.3 is 0 Å². The Kier molecular flexibility index (Phi) is 3.82. The molecule has 0 aliphatic rings. The summed E-state index contributed by atoms with van der Waals surface area (Å²) in [6.45, 7) is 7.00. The van der Waals surface area contributed by atoms with E-state index in [4.69, 9.17) is 5.73 Å². The average Bonchev–Trinajstić information content (AvgIpc) is 2.75. The Morgan fingerprint density at radius 3 is 2.33 bits per heavy atom. The van der Waals surface area contributed by atoms with Crippen LogP contribution in [0.1, 0.15) is 33.8 Å². The van der Waals surface area contributed by atoms with Gasteiger partial charge in [-0.3, -0.25) is 0 Å². The maximum atomic E-state index is 5.54. The topological polar surface area (TPSA) is 54.7 Å². The molecule has 3 nitrogen and oxygen atoms in total. The molecule has 3 N–H and O–H groups in total. The molecule has 18 heavy (non-hydrogen) atoms. The number of aromatic nitrogens is 2. The van der Waals surface area contributed by atoms with Gasteiger partial charge in [-0.05, 0) is 50.3 Å². The van der Waals surface area contributed by atoms with Gasteiger partial charge in [0, 0.05) is 11.9 Å². The molecule has 1 aromatic heterocycles. The molecular formula is C15H21N3. The van der Waals surface area contributed by atoms with Crippen molar-refractivity contribution in [1.82, 2.24) is 9.97 Å². The second-order valence-corrected chi connectivity index (χ2v) is 4.94. The minimum atomic E-state index is 0.475. The molecule has 0 saturated heterocycles. The number of benzene rings is 1. The molecule has 96 valence electrons. The summed E-state index contributed by atoms with van der Waals surface area (Å²) < 4.78 is 0. The fourth-order valence-electron chi connectivity index (χ4n) is 2.50. The number of rotatable bonds is 4. The van der Waals surface area contributed by atoms with E-state index in [1.807, 2.05) is 6.20 Å². The van der Waals surface area contributed by atoms with E-state index in [-0.39, 0.29) is 0 Å². The van der Waals surface area contributed by atoms with E-state index in [9.17, 15) is 0 Å². The lowest BCUT2D eigenvalue weighted by Gasteiger charge is -2.10. The summed E-state index contributed by atoms with van der Waals surface area (Å²) >= 11 is 0. The molecule has 0 bridgehead atoms. The summed E-state index contributed by atoms with van der Waals surface area (Å²) in [5, 5.41) is 0. The van der Waals surface area contributed by atoms with E-state index in [0.717, 1.165) is 24.4 Å². The van der Waals surface area contributed by atoms with Gasteiger partial charge in [0.15, 0.2) is 0 Å². The van der Waals surface area contributed by atoms with Crippen LogP contribution in [-0.4, -0.2) is 9.97 Å². The summed E-state index contributed by atoms with van der Waals surface area (Å²) in [5.41, 5.74) is 12.2. The van der Waals surface area contributed by atoms with Gasteiger partial charge in [-0.15, -0.1) is 0 Å². The third-order valence-electron chi connectivity index (χ3n) is 3.36. The zero-order chi connectivity index (χ0) is 13.1. The highest BCUT2D eigenvalue weighted by Crippen LogP contribution is 2.18. The van der Waals surface area contributed by atoms with Crippen molar-refractivity contribution in [1.29, 1.82) is 0 Å². The van der Waals surface area contributed by atoms with Crippen LogP contribution in [0.5, 0.6) is 0 Å². The SMILES string of the molecule is Cc1cc(C)c(CCc2cnc(CN)[nH]2)c(C)c1. The molecule has 0 fully saturated rings. The molecule has 0 unspecified atom stereocenters. The van der Waals surface area contributed by atoms with Crippen molar-refractivity contribution >= 4 is 0 Å². The minimum absolute atomic E-state index is 0.475. The fraction of sp³-hybridized carbons (Fsp3) is 0.400. The third-order valence-corrected chi connectivity index (χ3v) is 3.36. The highest BCUT2D eigenvalue weighted by atomic mass is 14.9. The van der Waals surface area contributed by atoms with Crippen LogP contribution in [0.4, 0.5) is 0 Å². The number of imidazole rings is 1.